The van der Waals surface area contributed by atoms with Crippen molar-refractivity contribution in [1.82, 2.24) is 9.78 Å². The standard InChI is InChI=1S/C11H10ClFN2O/c12-10-2-1-8(3-11(10)13)5-15-6-9(7-16)4-14-15/h1-4,6,16H,5,7H2. The number of hydrogen-bond donors (Lipinski definition) is 1. The summed E-state index contributed by atoms with van der Waals surface area (Å²) in [5.41, 5.74) is 1.50. The van der Waals surface area contributed by atoms with E-state index in [0.29, 0.717) is 6.54 Å². The first-order valence-electron chi connectivity index (χ1n) is 4.75. The Hall–Kier alpha value is -1.39. The Bertz CT molecular complexity index is 498. The van der Waals surface area contributed by atoms with Crippen molar-refractivity contribution in [2.75, 3.05) is 0 Å². The molecule has 3 nitrogen and oxygen atoms in total. The Morgan fingerprint density at radius 1 is 1.38 bits per heavy atom. The van der Waals surface area contributed by atoms with Gasteiger partial charge in [0.2, 0.25) is 0 Å². The second-order valence-electron chi connectivity index (χ2n) is 3.45. The van der Waals surface area contributed by atoms with Gasteiger partial charge in [-0.3, -0.25) is 4.68 Å². The van der Waals surface area contributed by atoms with Gasteiger partial charge in [-0.25, -0.2) is 4.39 Å². The molecule has 0 fully saturated rings. The lowest BCUT2D eigenvalue weighted by Crippen LogP contribution is -2.00. The van der Waals surface area contributed by atoms with Gasteiger partial charge in [0.15, 0.2) is 0 Å². The average molecular weight is 241 g/mol. The zero-order valence-electron chi connectivity index (χ0n) is 8.40. The Morgan fingerprint density at radius 2 is 2.19 bits per heavy atom. The zero-order chi connectivity index (χ0) is 11.5. The summed E-state index contributed by atoms with van der Waals surface area (Å²) in [7, 11) is 0. The first-order valence-corrected chi connectivity index (χ1v) is 5.13. The lowest BCUT2D eigenvalue weighted by Gasteiger charge is -2.02. The van der Waals surface area contributed by atoms with E-state index in [2.05, 4.69) is 5.10 Å². The van der Waals surface area contributed by atoms with Gasteiger partial charge in [0.1, 0.15) is 5.82 Å². The summed E-state index contributed by atoms with van der Waals surface area (Å²) in [6.45, 7) is 0.406. The molecule has 84 valence electrons. The van der Waals surface area contributed by atoms with Crippen LogP contribution in [0.25, 0.3) is 0 Å². The fraction of sp³-hybridized carbons (Fsp3) is 0.182. The number of hydrogen-bond acceptors (Lipinski definition) is 2. The molecule has 0 saturated heterocycles. The molecule has 1 heterocycles. The van der Waals surface area contributed by atoms with Gasteiger partial charge < -0.3 is 5.11 Å². The third kappa shape index (κ3) is 2.40. The number of aromatic nitrogens is 2. The van der Waals surface area contributed by atoms with E-state index in [4.69, 9.17) is 16.7 Å². The van der Waals surface area contributed by atoms with Crippen LogP contribution in [0.3, 0.4) is 0 Å². The molecule has 5 heteroatoms. The van der Waals surface area contributed by atoms with Gasteiger partial charge in [0.25, 0.3) is 0 Å². The normalized spacial score (nSPS) is 10.7. The summed E-state index contributed by atoms with van der Waals surface area (Å²) in [5.74, 6) is -0.436. The predicted molar refractivity (Wildman–Crippen MR) is 58.7 cm³/mol. The van der Waals surface area contributed by atoms with E-state index in [1.54, 1.807) is 23.1 Å². The highest BCUT2D eigenvalue weighted by Crippen LogP contribution is 2.16. The van der Waals surface area contributed by atoms with Crippen LogP contribution in [0, 0.1) is 5.82 Å². The zero-order valence-corrected chi connectivity index (χ0v) is 9.15. The summed E-state index contributed by atoms with van der Waals surface area (Å²) >= 11 is 5.58. The SMILES string of the molecule is OCc1cnn(Cc2ccc(Cl)c(F)c2)c1. The summed E-state index contributed by atoms with van der Waals surface area (Å²) in [5, 5.41) is 13.0. The third-order valence-electron chi connectivity index (χ3n) is 2.20. The highest BCUT2D eigenvalue weighted by molar-refractivity contribution is 6.30. The minimum absolute atomic E-state index is 0.0466. The number of halogens is 2. The first-order chi connectivity index (χ1) is 7.69. The molecule has 1 aromatic carbocycles. The number of aliphatic hydroxyl groups is 1. The van der Waals surface area contributed by atoms with Crippen molar-refractivity contribution in [1.29, 1.82) is 0 Å². The summed E-state index contributed by atoms with van der Waals surface area (Å²) in [6.07, 6.45) is 3.29. The molecule has 0 saturated carbocycles. The summed E-state index contributed by atoms with van der Waals surface area (Å²) < 4.78 is 14.8. The topological polar surface area (TPSA) is 38.1 Å². The van der Waals surface area contributed by atoms with Crippen molar-refractivity contribution < 1.29 is 9.50 Å². The summed E-state index contributed by atoms with van der Waals surface area (Å²) in [6, 6.07) is 4.64. The molecule has 2 rings (SSSR count). The molecule has 0 unspecified atom stereocenters. The van der Waals surface area contributed by atoms with Crippen molar-refractivity contribution in [3.8, 4) is 0 Å². The molecule has 0 aliphatic heterocycles. The Labute approximate surface area is 97.1 Å². The minimum Gasteiger partial charge on any atom is -0.392 e. The van der Waals surface area contributed by atoms with E-state index in [1.807, 2.05) is 0 Å². The molecule has 16 heavy (non-hydrogen) atoms. The Balaban J connectivity index is 2.17. The van der Waals surface area contributed by atoms with E-state index in [0.717, 1.165) is 11.1 Å². The third-order valence-corrected chi connectivity index (χ3v) is 2.50. The van der Waals surface area contributed by atoms with E-state index in [-0.39, 0.29) is 11.6 Å². The van der Waals surface area contributed by atoms with Gasteiger partial charge in [-0.05, 0) is 17.7 Å². The monoisotopic (exact) mass is 240 g/mol. The Kier molecular flexibility index (Phi) is 3.22. The maximum absolute atomic E-state index is 13.2. The average Bonchev–Trinajstić information content (AvgIpc) is 2.71. The van der Waals surface area contributed by atoms with Gasteiger partial charge in [-0.2, -0.15) is 5.10 Å². The molecule has 0 radical (unpaired) electrons. The van der Waals surface area contributed by atoms with Crippen LogP contribution in [0.4, 0.5) is 4.39 Å². The van der Waals surface area contributed by atoms with E-state index in [9.17, 15) is 4.39 Å². The molecule has 0 atom stereocenters. The second-order valence-corrected chi connectivity index (χ2v) is 3.86. The van der Waals surface area contributed by atoms with Gasteiger partial charge in [-0.1, -0.05) is 17.7 Å². The molecule has 0 spiro atoms. The van der Waals surface area contributed by atoms with Crippen LogP contribution in [0.15, 0.2) is 30.6 Å². The van der Waals surface area contributed by atoms with Crippen LogP contribution >= 0.6 is 11.6 Å². The highest BCUT2D eigenvalue weighted by Gasteiger charge is 2.03. The largest absolute Gasteiger partial charge is 0.392 e. The maximum Gasteiger partial charge on any atom is 0.142 e. The second kappa shape index (κ2) is 4.63. The lowest BCUT2D eigenvalue weighted by molar-refractivity contribution is 0.281. The van der Waals surface area contributed by atoms with Crippen LogP contribution in [0.5, 0.6) is 0 Å². The molecule has 1 aromatic heterocycles. The van der Waals surface area contributed by atoms with E-state index < -0.39 is 5.82 Å². The fourth-order valence-corrected chi connectivity index (χ4v) is 1.52. The molecule has 2 aromatic rings. The van der Waals surface area contributed by atoms with E-state index >= 15 is 0 Å². The van der Waals surface area contributed by atoms with Crippen LogP contribution in [0.1, 0.15) is 11.1 Å². The van der Waals surface area contributed by atoms with Crippen molar-refractivity contribution >= 4 is 11.6 Å². The highest BCUT2D eigenvalue weighted by atomic mass is 35.5. The lowest BCUT2D eigenvalue weighted by atomic mass is 10.2. The summed E-state index contributed by atoms with van der Waals surface area (Å²) in [4.78, 5) is 0. The van der Waals surface area contributed by atoms with E-state index in [1.165, 1.54) is 12.1 Å². The number of aliphatic hydroxyl groups excluding tert-OH is 1. The van der Waals surface area contributed by atoms with Crippen molar-refractivity contribution in [2.45, 2.75) is 13.2 Å². The van der Waals surface area contributed by atoms with Gasteiger partial charge in [-0.15, -0.1) is 0 Å². The van der Waals surface area contributed by atoms with Crippen LogP contribution in [0.2, 0.25) is 5.02 Å². The molecular weight excluding hydrogens is 231 g/mol. The Morgan fingerprint density at radius 3 is 2.81 bits per heavy atom. The number of rotatable bonds is 3. The smallest absolute Gasteiger partial charge is 0.142 e. The number of benzene rings is 1. The van der Waals surface area contributed by atoms with Gasteiger partial charge >= 0.3 is 0 Å². The molecule has 0 aliphatic carbocycles. The van der Waals surface area contributed by atoms with Gasteiger partial charge in [0.05, 0.1) is 24.4 Å². The minimum atomic E-state index is -0.436. The van der Waals surface area contributed by atoms with Crippen LogP contribution in [-0.2, 0) is 13.2 Å². The van der Waals surface area contributed by atoms with Crippen molar-refractivity contribution in [3.05, 3.63) is 52.6 Å². The van der Waals surface area contributed by atoms with Crippen LogP contribution < -0.4 is 0 Å². The van der Waals surface area contributed by atoms with Crippen LogP contribution in [-0.4, -0.2) is 14.9 Å². The fourth-order valence-electron chi connectivity index (χ4n) is 1.40. The quantitative estimate of drug-likeness (QED) is 0.893. The molecule has 0 amide bonds. The van der Waals surface area contributed by atoms with Crippen molar-refractivity contribution in [3.63, 3.8) is 0 Å². The first kappa shape index (κ1) is 11.1. The molecule has 0 aliphatic rings. The molecule has 1 N–H and O–H groups in total. The maximum atomic E-state index is 13.2. The number of nitrogens with zero attached hydrogens (tertiary/aromatic N) is 2. The molecule has 0 bridgehead atoms. The van der Waals surface area contributed by atoms with Crippen molar-refractivity contribution in [2.24, 2.45) is 0 Å². The molecular formula is C11H10ClFN2O. The van der Waals surface area contributed by atoms with Gasteiger partial charge in [0, 0.05) is 11.8 Å². The predicted octanol–water partition coefficient (Wildman–Crippen LogP) is 2.22.